The normalized spacial score (nSPS) is 10.9. The number of hydrogen-bond acceptors (Lipinski definition) is 7. The summed E-state index contributed by atoms with van der Waals surface area (Å²) in [4.78, 5) is 40.8. The van der Waals surface area contributed by atoms with Gasteiger partial charge in [0, 0.05) is 38.9 Å². The van der Waals surface area contributed by atoms with Crippen LogP contribution < -0.4 is 5.32 Å². The minimum Gasteiger partial charge on any atom is -0.465 e. The number of anilines is 1. The Bertz CT molecular complexity index is 903. The average Bonchev–Trinajstić information content (AvgIpc) is 3.24. The van der Waals surface area contributed by atoms with Crippen molar-refractivity contribution >= 4 is 34.1 Å². The standard InChI is InChI=1S/C19H27N5O4S/c1-7-24-10-13(8-20-24)9-23(5)11-14(25)21-17-15(19(27)28-6)12(2)16(29-17)18(26)22(3)4/h8,10H,7,9,11H2,1-6H3,(H,21,25). The van der Waals surface area contributed by atoms with Crippen molar-refractivity contribution in [2.45, 2.75) is 26.9 Å². The summed E-state index contributed by atoms with van der Waals surface area (Å²) in [7, 11) is 6.36. The molecular weight excluding hydrogens is 394 g/mol. The van der Waals surface area contributed by atoms with Gasteiger partial charge in [0.25, 0.3) is 5.91 Å². The number of nitrogens with one attached hydrogen (secondary N) is 1. The number of carbonyl (C=O) groups is 3. The number of carbonyl (C=O) groups excluding carboxylic acids is 3. The molecule has 0 unspecified atom stereocenters. The van der Waals surface area contributed by atoms with Gasteiger partial charge in [0.05, 0.1) is 30.3 Å². The number of rotatable bonds is 8. The van der Waals surface area contributed by atoms with Gasteiger partial charge in [0.15, 0.2) is 0 Å². The average molecular weight is 422 g/mol. The van der Waals surface area contributed by atoms with Crippen LogP contribution >= 0.6 is 11.3 Å². The molecule has 10 heteroatoms. The summed E-state index contributed by atoms with van der Waals surface area (Å²) in [6.07, 6.45) is 3.71. The Balaban J connectivity index is 2.14. The number of amides is 2. The van der Waals surface area contributed by atoms with Gasteiger partial charge in [-0.3, -0.25) is 19.2 Å². The molecule has 2 rings (SSSR count). The van der Waals surface area contributed by atoms with E-state index in [0.717, 1.165) is 23.4 Å². The number of hydrogen-bond donors (Lipinski definition) is 1. The Hall–Kier alpha value is -2.72. The lowest BCUT2D eigenvalue weighted by molar-refractivity contribution is -0.117. The minimum atomic E-state index is -0.591. The number of aryl methyl sites for hydroxylation is 1. The third-order valence-corrected chi connectivity index (χ3v) is 5.46. The first-order valence-electron chi connectivity index (χ1n) is 9.10. The number of thiophene rings is 1. The molecule has 2 aromatic rings. The molecular formula is C19H27N5O4S. The summed E-state index contributed by atoms with van der Waals surface area (Å²) in [5, 5.41) is 7.30. The fourth-order valence-corrected chi connectivity index (χ4v) is 4.03. The monoisotopic (exact) mass is 421 g/mol. The molecule has 2 aromatic heterocycles. The maximum absolute atomic E-state index is 12.5. The zero-order valence-corrected chi connectivity index (χ0v) is 18.4. The summed E-state index contributed by atoms with van der Waals surface area (Å²) >= 11 is 1.08. The highest BCUT2D eigenvalue weighted by Crippen LogP contribution is 2.34. The number of ether oxygens (including phenoxy) is 1. The van der Waals surface area contributed by atoms with Crippen molar-refractivity contribution in [1.82, 2.24) is 19.6 Å². The molecule has 1 N–H and O–H groups in total. The summed E-state index contributed by atoms with van der Waals surface area (Å²) in [6, 6.07) is 0. The first kappa shape index (κ1) is 22.6. The van der Waals surface area contributed by atoms with Gasteiger partial charge in [0.2, 0.25) is 5.91 Å². The molecule has 158 valence electrons. The van der Waals surface area contributed by atoms with E-state index in [0.29, 0.717) is 22.0 Å². The van der Waals surface area contributed by atoms with Gasteiger partial charge in [-0.05, 0) is 26.5 Å². The number of nitrogens with zero attached hydrogens (tertiary/aromatic N) is 4. The van der Waals surface area contributed by atoms with Crippen LogP contribution in [0.3, 0.4) is 0 Å². The molecule has 0 atom stereocenters. The quantitative estimate of drug-likeness (QED) is 0.653. The van der Waals surface area contributed by atoms with Crippen LogP contribution in [0.5, 0.6) is 0 Å². The maximum atomic E-state index is 12.5. The summed E-state index contributed by atoms with van der Waals surface area (Å²) < 4.78 is 6.66. The Morgan fingerprint density at radius 3 is 2.52 bits per heavy atom. The van der Waals surface area contributed by atoms with Crippen molar-refractivity contribution in [1.29, 1.82) is 0 Å². The van der Waals surface area contributed by atoms with Crippen LogP contribution in [-0.4, -0.2) is 72.2 Å². The van der Waals surface area contributed by atoms with Crippen molar-refractivity contribution in [2.24, 2.45) is 0 Å². The predicted octanol–water partition coefficient (Wildman–Crippen LogP) is 1.83. The second-order valence-electron chi connectivity index (χ2n) is 6.88. The smallest absolute Gasteiger partial charge is 0.341 e. The zero-order chi connectivity index (χ0) is 21.7. The Morgan fingerprint density at radius 2 is 1.97 bits per heavy atom. The number of aromatic nitrogens is 2. The van der Waals surface area contributed by atoms with E-state index in [1.165, 1.54) is 12.0 Å². The molecule has 0 spiro atoms. The summed E-state index contributed by atoms with van der Waals surface area (Å²) in [6.45, 7) is 5.14. The molecule has 0 fully saturated rings. The van der Waals surface area contributed by atoms with Gasteiger partial charge < -0.3 is 15.0 Å². The van der Waals surface area contributed by atoms with Gasteiger partial charge in [-0.2, -0.15) is 5.10 Å². The fraction of sp³-hybridized carbons (Fsp3) is 0.474. The van der Waals surface area contributed by atoms with Gasteiger partial charge in [-0.25, -0.2) is 4.79 Å². The SMILES string of the molecule is CCn1cc(CN(C)CC(=O)Nc2sc(C(=O)N(C)C)c(C)c2C(=O)OC)cn1. The third kappa shape index (κ3) is 5.42. The highest BCUT2D eigenvalue weighted by Gasteiger charge is 2.27. The van der Waals surface area contributed by atoms with Crippen LogP contribution in [0, 0.1) is 6.92 Å². The molecule has 2 heterocycles. The topological polar surface area (TPSA) is 96.8 Å². The molecule has 0 aromatic carbocycles. The van der Waals surface area contributed by atoms with E-state index in [9.17, 15) is 14.4 Å². The van der Waals surface area contributed by atoms with Crippen LogP contribution in [0.15, 0.2) is 12.4 Å². The van der Waals surface area contributed by atoms with Crippen LogP contribution in [0.25, 0.3) is 0 Å². The second kappa shape index (κ2) is 9.66. The van der Waals surface area contributed by atoms with Crippen LogP contribution in [-0.2, 0) is 22.6 Å². The molecule has 0 saturated heterocycles. The van der Waals surface area contributed by atoms with Crippen LogP contribution in [0.2, 0.25) is 0 Å². The molecule has 0 aliphatic carbocycles. The molecule has 0 saturated carbocycles. The second-order valence-corrected chi connectivity index (χ2v) is 7.90. The van der Waals surface area contributed by atoms with Gasteiger partial charge >= 0.3 is 5.97 Å². The molecule has 0 aliphatic rings. The fourth-order valence-electron chi connectivity index (χ4n) is 2.80. The molecule has 29 heavy (non-hydrogen) atoms. The lowest BCUT2D eigenvalue weighted by Crippen LogP contribution is -2.30. The van der Waals surface area contributed by atoms with Crippen LogP contribution in [0.1, 0.15) is 38.1 Å². The van der Waals surface area contributed by atoms with Crippen LogP contribution in [0.4, 0.5) is 5.00 Å². The van der Waals surface area contributed by atoms with Crippen molar-refractivity contribution < 1.29 is 19.1 Å². The predicted molar refractivity (Wildman–Crippen MR) is 111 cm³/mol. The Kier molecular flexibility index (Phi) is 7.52. The van der Waals surface area contributed by atoms with Gasteiger partial charge in [-0.15, -0.1) is 11.3 Å². The Morgan fingerprint density at radius 1 is 1.28 bits per heavy atom. The Labute approximate surface area is 174 Å². The lowest BCUT2D eigenvalue weighted by atomic mass is 10.1. The summed E-state index contributed by atoms with van der Waals surface area (Å²) in [5.74, 6) is -1.11. The highest BCUT2D eigenvalue weighted by atomic mass is 32.1. The minimum absolute atomic E-state index is 0.117. The molecule has 0 bridgehead atoms. The first-order valence-corrected chi connectivity index (χ1v) is 9.92. The summed E-state index contributed by atoms with van der Waals surface area (Å²) in [5.41, 5.74) is 1.71. The third-order valence-electron chi connectivity index (χ3n) is 4.27. The maximum Gasteiger partial charge on any atom is 0.341 e. The van der Waals surface area contributed by atoms with E-state index in [1.54, 1.807) is 27.2 Å². The highest BCUT2D eigenvalue weighted by molar-refractivity contribution is 7.18. The molecule has 2 amide bonds. The van der Waals surface area contributed by atoms with Crippen molar-refractivity contribution in [2.75, 3.05) is 40.1 Å². The number of esters is 1. The largest absolute Gasteiger partial charge is 0.465 e. The van der Waals surface area contributed by atoms with E-state index in [1.807, 2.05) is 29.7 Å². The molecule has 9 nitrogen and oxygen atoms in total. The molecule has 0 radical (unpaired) electrons. The van der Waals surface area contributed by atoms with Crippen molar-refractivity contribution in [3.63, 3.8) is 0 Å². The van der Waals surface area contributed by atoms with E-state index >= 15 is 0 Å². The van der Waals surface area contributed by atoms with Crippen molar-refractivity contribution in [3.8, 4) is 0 Å². The van der Waals surface area contributed by atoms with E-state index in [4.69, 9.17) is 4.74 Å². The zero-order valence-electron chi connectivity index (χ0n) is 17.6. The number of likely N-dealkylation sites (N-methyl/N-ethyl adjacent to an activating group) is 1. The first-order chi connectivity index (χ1) is 13.7. The van der Waals surface area contributed by atoms with E-state index in [2.05, 4.69) is 10.4 Å². The lowest BCUT2D eigenvalue weighted by Gasteiger charge is -2.15. The van der Waals surface area contributed by atoms with E-state index < -0.39 is 5.97 Å². The van der Waals surface area contributed by atoms with Gasteiger partial charge in [-0.1, -0.05) is 0 Å². The van der Waals surface area contributed by atoms with Gasteiger partial charge in [0.1, 0.15) is 5.00 Å². The molecule has 0 aliphatic heterocycles. The van der Waals surface area contributed by atoms with E-state index in [-0.39, 0.29) is 23.9 Å². The number of methoxy groups -OCH3 is 1. The van der Waals surface area contributed by atoms with Crippen molar-refractivity contribution in [3.05, 3.63) is 34.0 Å².